The molecule has 7 heteroatoms. The lowest BCUT2D eigenvalue weighted by molar-refractivity contribution is -0.167. The lowest BCUT2D eigenvalue weighted by Crippen LogP contribution is -2.30. The number of halogens is 3. The van der Waals surface area contributed by atoms with Crippen LogP contribution in [0.15, 0.2) is 36.4 Å². The fraction of sp³-hybridized carbons (Fsp3) is 0.353. The number of rotatable bonds is 3. The van der Waals surface area contributed by atoms with Crippen molar-refractivity contribution >= 4 is 22.4 Å². The molecule has 4 nitrogen and oxygen atoms in total. The molecular formula is C17H16F3NO3. The van der Waals surface area contributed by atoms with Gasteiger partial charge in [0.2, 0.25) is 0 Å². The zero-order valence-corrected chi connectivity index (χ0v) is 12.7. The van der Waals surface area contributed by atoms with Gasteiger partial charge in [-0.15, -0.1) is 0 Å². The van der Waals surface area contributed by atoms with Crippen LogP contribution in [-0.4, -0.2) is 25.0 Å². The van der Waals surface area contributed by atoms with Crippen molar-refractivity contribution < 1.29 is 27.4 Å². The summed E-state index contributed by atoms with van der Waals surface area (Å²) in [6, 6.07) is 9.77. The van der Waals surface area contributed by atoms with Gasteiger partial charge in [-0.2, -0.15) is 13.2 Å². The molecule has 1 aliphatic heterocycles. The first-order chi connectivity index (χ1) is 11.4. The van der Waals surface area contributed by atoms with Gasteiger partial charge >= 0.3 is 12.1 Å². The summed E-state index contributed by atoms with van der Waals surface area (Å²) in [4.78, 5) is 11.2. The number of fused-ring (bicyclic) bond motifs is 1. The molecule has 0 aromatic heterocycles. The number of carbonyl (C=O) groups excluding carboxylic acids is 1. The van der Waals surface area contributed by atoms with Crippen LogP contribution in [0, 0.1) is 0 Å². The first-order valence-corrected chi connectivity index (χ1v) is 7.63. The maximum Gasteiger partial charge on any atom is 0.471 e. The molecule has 1 saturated heterocycles. The van der Waals surface area contributed by atoms with Crippen molar-refractivity contribution in [1.29, 1.82) is 0 Å². The molecular weight excluding hydrogens is 323 g/mol. The van der Waals surface area contributed by atoms with Crippen molar-refractivity contribution in [2.45, 2.75) is 31.7 Å². The Bertz CT molecular complexity index is 739. The summed E-state index contributed by atoms with van der Waals surface area (Å²) >= 11 is 0. The summed E-state index contributed by atoms with van der Waals surface area (Å²) in [5.41, 5.74) is 0.0878. The van der Waals surface area contributed by atoms with Crippen LogP contribution < -0.4 is 10.1 Å². The Morgan fingerprint density at radius 2 is 1.88 bits per heavy atom. The van der Waals surface area contributed by atoms with Gasteiger partial charge in [-0.1, -0.05) is 24.3 Å². The normalized spacial score (nSPS) is 18.4. The number of carbonyl (C=O) groups is 1. The van der Waals surface area contributed by atoms with Crippen LogP contribution in [0.25, 0.3) is 10.8 Å². The molecule has 24 heavy (non-hydrogen) atoms. The van der Waals surface area contributed by atoms with Gasteiger partial charge in [-0.05, 0) is 25.0 Å². The topological polar surface area (TPSA) is 47.6 Å². The van der Waals surface area contributed by atoms with E-state index in [1.54, 1.807) is 30.3 Å². The Morgan fingerprint density at radius 1 is 1.12 bits per heavy atom. The number of hydrogen-bond acceptors (Lipinski definition) is 3. The van der Waals surface area contributed by atoms with Crippen LogP contribution in [0.1, 0.15) is 19.3 Å². The lowest BCUT2D eigenvalue weighted by Gasteiger charge is -2.24. The minimum absolute atomic E-state index is 0.0878. The third-order valence-corrected chi connectivity index (χ3v) is 3.79. The van der Waals surface area contributed by atoms with Crippen LogP contribution in [0.2, 0.25) is 0 Å². The maximum atomic E-state index is 12.5. The highest BCUT2D eigenvalue weighted by molar-refractivity contribution is 6.05. The Morgan fingerprint density at radius 3 is 2.54 bits per heavy atom. The molecule has 0 radical (unpaired) electrons. The number of anilines is 1. The van der Waals surface area contributed by atoms with E-state index in [0.717, 1.165) is 19.3 Å². The van der Waals surface area contributed by atoms with Gasteiger partial charge in [0.15, 0.2) is 6.29 Å². The fourth-order valence-electron chi connectivity index (χ4n) is 2.62. The zero-order chi connectivity index (χ0) is 17.2. The van der Waals surface area contributed by atoms with E-state index in [1.807, 2.05) is 5.32 Å². The Kier molecular flexibility index (Phi) is 4.62. The largest absolute Gasteiger partial charge is 0.471 e. The molecule has 0 bridgehead atoms. The second-order valence-corrected chi connectivity index (χ2v) is 5.52. The molecule has 1 atom stereocenters. The second-order valence-electron chi connectivity index (χ2n) is 5.52. The average molecular weight is 339 g/mol. The van der Waals surface area contributed by atoms with E-state index < -0.39 is 12.1 Å². The molecule has 1 amide bonds. The molecule has 0 aliphatic carbocycles. The molecule has 1 heterocycles. The number of ether oxygens (including phenoxy) is 2. The van der Waals surface area contributed by atoms with E-state index in [-0.39, 0.29) is 12.0 Å². The molecule has 0 saturated carbocycles. The van der Waals surface area contributed by atoms with Gasteiger partial charge < -0.3 is 14.8 Å². The van der Waals surface area contributed by atoms with E-state index in [0.29, 0.717) is 23.1 Å². The predicted octanol–water partition coefficient (Wildman–Crippen LogP) is 4.25. The van der Waals surface area contributed by atoms with Crippen LogP contribution in [-0.2, 0) is 9.53 Å². The molecule has 128 valence electrons. The smallest absolute Gasteiger partial charge is 0.464 e. The monoisotopic (exact) mass is 339 g/mol. The zero-order valence-electron chi connectivity index (χ0n) is 12.7. The minimum atomic E-state index is -4.94. The van der Waals surface area contributed by atoms with E-state index in [9.17, 15) is 18.0 Å². The first kappa shape index (κ1) is 16.6. The Hall–Kier alpha value is -2.28. The number of nitrogens with one attached hydrogen (secondary N) is 1. The van der Waals surface area contributed by atoms with Crippen LogP contribution in [0.5, 0.6) is 5.75 Å². The second kappa shape index (κ2) is 6.68. The van der Waals surface area contributed by atoms with E-state index in [2.05, 4.69) is 0 Å². The van der Waals surface area contributed by atoms with Crippen LogP contribution in [0.4, 0.5) is 18.9 Å². The number of benzene rings is 2. The summed E-state index contributed by atoms with van der Waals surface area (Å²) in [6.45, 7) is 0.627. The fourth-order valence-corrected chi connectivity index (χ4v) is 2.62. The van der Waals surface area contributed by atoms with Crippen molar-refractivity contribution in [3.63, 3.8) is 0 Å². The van der Waals surface area contributed by atoms with E-state index in [1.165, 1.54) is 6.07 Å². The Labute approximate surface area is 136 Å². The van der Waals surface area contributed by atoms with E-state index in [4.69, 9.17) is 9.47 Å². The summed E-state index contributed by atoms with van der Waals surface area (Å²) in [6.07, 6.45) is -2.55. The van der Waals surface area contributed by atoms with Crippen LogP contribution >= 0.6 is 0 Å². The van der Waals surface area contributed by atoms with Gasteiger partial charge in [-0.3, -0.25) is 4.79 Å². The van der Waals surface area contributed by atoms with Gasteiger partial charge in [0, 0.05) is 22.9 Å². The summed E-state index contributed by atoms with van der Waals surface area (Å²) in [5.74, 6) is -1.49. The quantitative estimate of drug-likeness (QED) is 0.910. The summed E-state index contributed by atoms with van der Waals surface area (Å²) in [5, 5.41) is 3.00. The standard InChI is InChI=1S/C17H16F3NO3/c18-17(19,20)16(22)21-13-8-9-14(12-6-2-1-5-11(12)13)24-15-7-3-4-10-23-15/h1-2,5-6,8-9,15H,3-4,7,10H2,(H,21,22)/t15-/m1/s1. The summed E-state index contributed by atoms with van der Waals surface area (Å²) < 4.78 is 48.8. The average Bonchev–Trinajstić information content (AvgIpc) is 2.57. The van der Waals surface area contributed by atoms with Gasteiger partial charge in [0.25, 0.3) is 0 Å². The van der Waals surface area contributed by atoms with Crippen molar-refractivity contribution in [1.82, 2.24) is 0 Å². The first-order valence-electron chi connectivity index (χ1n) is 7.63. The molecule has 2 aromatic carbocycles. The molecule has 1 fully saturated rings. The molecule has 1 N–H and O–H groups in total. The molecule has 2 aromatic rings. The van der Waals surface area contributed by atoms with Crippen molar-refractivity contribution in [3.8, 4) is 5.75 Å². The van der Waals surface area contributed by atoms with Crippen molar-refractivity contribution in [2.24, 2.45) is 0 Å². The highest BCUT2D eigenvalue weighted by atomic mass is 19.4. The SMILES string of the molecule is O=C(Nc1ccc(O[C@@H]2CCCCO2)c2ccccc12)C(F)(F)F. The molecule has 1 aliphatic rings. The molecule has 0 unspecified atom stereocenters. The highest BCUT2D eigenvalue weighted by Gasteiger charge is 2.38. The number of amides is 1. The third-order valence-electron chi connectivity index (χ3n) is 3.79. The van der Waals surface area contributed by atoms with Crippen molar-refractivity contribution in [2.75, 3.05) is 11.9 Å². The van der Waals surface area contributed by atoms with E-state index >= 15 is 0 Å². The number of alkyl halides is 3. The number of hydrogen-bond donors (Lipinski definition) is 1. The van der Waals surface area contributed by atoms with Gasteiger partial charge in [0.05, 0.1) is 6.61 Å². The third kappa shape index (κ3) is 3.62. The molecule has 0 spiro atoms. The Balaban J connectivity index is 1.90. The minimum Gasteiger partial charge on any atom is -0.464 e. The predicted molar refractivity (Wildman–Crippen MR) is 82.9 cm³/mol. The maximum absolute atomic E-state index is 12.5. The van der Waals surface area contributed by atoms with Gasteiger partial charge in [0.1, 0.15) is 5.75 Å². The highest BCUT2D eigenvalue weighted by Crippen LogP contribution is 2.34. The lowest BCUT2D eigenvalue weighted by atomic mass is 10.1. The van der Waals surface area contributed by atoms with Crippen molar-refractivity contribution in [3.05, 3.63) is 36.4 Å². The summed E-state index contributed by atoms with van der Waals surface area (Å²) in [7, 11) is 0. The molecule has 3 rings (SSSR count). The van der Waals surface area contributed by atoms with Crippen LogP contribution in [0.3, 0.4) is 0 Å². The van der Waals surface area contributed by atoms with Gasteiger partial charge in [-0.25, -0.2) is 0 Å².